The highest BCUT2D eigenvalue weighted by Gasteiger charge is 2.20. The molecule has 0 atom stereocenters. The Morgan fingerprint density at radius 3 is 2.76 bits per heavy atom. The van der Waals surface area contributed by atoms with E-state index in [2.05, 4.69) is 22.1 Å². The highest BCUT2D eigenvalue weighted by atomic mass is 15.2. The Morgan fingerprint density at radius 1 is 1.47 bits per heavy atom. The zero-order valence-electron chi connectivity index (χ0n) is 10.6. The molecule has 0 radical (unpaired) electrons. The molecule has 1 aromatic heterocycles. The Hall–Kier alpha value is -1.42. The average Bonchev–Trinajstić information content (AvgIpc) is 3.10. The van der Waals surface area contributed by atoms with Crippen LogP contribution >= 0.6 is 0 Å². The third-order valence-electron chi connectivity index (χ3n) is 2.75. The van der Waals surface area contributed by atoms with Crippen molar-refractivity contribution in [3.63, 3.8) is 0 Å². The minimum atomic E-state index is 0.711. The number of rotatable bonds is 6. The molecule has 4 nitrogen and oxygen atoms in total. The van der Waals surface area contributed by atoms with Crippen molar-refractivity contribution >= 4 is 5.82 Å². The van der Waals surface area contributed by atoms with Crippen LogP contribution in [-0.4, -0.2) is 29.8 Å². The third kappa shape index (κ3) is 3.82. The fourth-order valence-corrected chi connectivity index (χ4v) is 1.67. The van der Waals surface area contributed by atoms with Crippen LogP contribution in [0.15, 0.2) is 24.3 Å². The maximum atomic E-state index is 4.22. The van der Waals surface area contributed by atoms with E-state index in [-0.39, 0.29) is 0 Å². The summed E-state index contributed by atoms with van der Waals surface area (Å²) in [4.78, 5) is 2.05. The lowest BCUT2D eigenvalue weighted by atomic mass is 10.3. The molecular formula is C13H20N4. The van der Waals surface area contributed by atoms with Crippen LogP contribution in [-0.2, 0) is 6.54 Å². The molecular weight excluding hydrogens is 212 g/mol. The molecule has 0 spiro atoms. The van der Waals surface area contributed by atoms with Crippen molar-refractivity contribution in [1.29, 1.82) is 0 Å². The van der Waals surface area contributed by atoms with Gasteiger partial charge < -0.3 is 10.2 Å². The van der Waals surface area contributed by atoms with Crippen molar-refractivity contribution in [2.75, 3.05) is 18.5 Å². The second kappa shape index (κ2) is 5.27. The molecule has 0 aliphatic heterocycles. The summed E-state index contributed by atoms with van der Waals surface area (Å²) in [6.07, 6.45) is 2.60. The van der Waals surface area contributed by atoms with Gasteiger partial charge in [-0.15, -0.1) is 5.10 Å². The van der Waals surface area contributed by atoms with Gasteiger partial charge in [-0.2, -0.15) is 5.10 Å². The van der Waals surface area contributed by atoms with Crippen molar-refractivity contribution in [2.45, 2.75) is 32.4 Å². The molecule has 1 N–H and O–H groups in total. The first-order chi connectivity index (χ1) is 8.15. The molecule has 0 bridgehead atoms. The van der Waals surface area contributed by atoms with E-state index in [4.69, 9.17) is 0 Å². The van der Waals surface area contributed by atoms with Crippen LogP contribution in [0.4, 0.5) is 5.82 Å². The molecule has 0 saturated heterocycles. The fourth-order valence-electron chi connectivity index (χ4n) is 1.67. The van der Waals surface area contributed by atoms with Crippen LogP contribution in [0.25, 0.3) is 0 Å². The van der Waals surface area contributed by atoms with Crippen molar-refractivity contribution in [1.82, 2.24) is 15.5 Å². The van der Waals surface area contributed by atoms with Gasteiger partial charge in [-0.25, -0.2) is 0 Å². The quantitative estimate of drug-likeness (QED) is 0.759. The summed E-state index contributed by atoms with van der Waals surface area (Å²) in [5.74, 6) is 0.892. The highest BCUT2D eigenvalue weighted by Crippen LogP contribution is 2.19. The first-order valence-corrected chi connectivity index (χ1v) is 6.06. The number of hydrogen-bond donors (Lipinski definition) is 1. The molecule has 0 amide bonds. The van der Waals surface area contributed by atoms with Crippen LogP contribution in [0.3, 0.4) is 0 Å². The maximum absolute atomic E-state index is 4.22. The van der Waals surface area contributed by atoms with Crippen LogP contribution in [0.1, 0.15) is 25.5 Å². The Bertz CT molecular complexity index is 381. The Kier molecular flexibility index (Phi) is 3.74. The highest BCUT2D eigenvalue weighted by molar-refractivity contribution is 5.37. The first kappa shape index (κ1) is 12.0. The molecule has 1 saturated carbocycles. The average molecular weight is 232 g/mol. The van der Waals surface area contributed by atoms with Gasteiger partial charge in [0, 0.05) is 26.2 Å². The van der Waals surface area contributed by atoms with Crippen molar-refractivity contribution in [3.8, 4) is 0 Å². The van der Waals surface area contributed by atoms with E-state index in [1.807, 2.05) is 31.0 Å². The van der Waals surface area contributed by atoms with Gasteiger partial charge in [0.2, 0.25) is 0 Å². The standard InChI is InChI=1S/C13H20N4/c1-10(2)9-17(3)13-7-6-12(15-16-13)8-14-11-4-5-11/h6-7,11,14H,1,4-5,8-9H2,2-3H3. The van der Waals surface area contributed by atoms with Gasteiger partial charge in [-0.3, -0.25) is 0 Å². The van der Waals surface area contributed by atoms with Gasteiger partial charge in [0.15, 0.2) is 5.82 Å². The zero-order valence-corrected chi connectivity index (χ0v) is 10.6. The van der Waals surface area contributed by atoms with Gasteiger partial charge in [0.1, 0.15) is 0 Å². The summed E-state index contributed by atoms with van der Waals surface area (Å²) >= 11 is 0. The summed E-state index contributed by atoms with van der Waals surface area (Å²) in [5.41, 5.74) is 2.12. The molecule has 2 rings (SSSR count). The summed E-state index contributed by atoms with van der Waals surface area (Å²) in [6, 6.07) is 4.76. The molecule has 0 aromatic carbocycles. The van der Waals surface area contributed by atoms with Crippen LogP contribution in [0, 0.1) is 0 Å². The number of anilines is 1. The SMILES string of the molecule is C=C(C)CN(C)c1ccc(CNC2CC2)nn1. The van der Waals surface area contributed by atoms with Crippen molar-refractivity contribution in [3.05, 3.63) is 30.0 Å². The van der Waals surface area contributed by atoms with E-state index in [1.165, 1.54) is 12.8 Å². The lowest BCUT2D eigenvalue weighted by Gasteiger charge is -2.17. The molecule has 1 aromatic rings. The van der Waals surface area contributed by atoms with Gasteiger partial charge in [0.25, 0.3) is 0 Å². The van der Waals surface area contributed by atoms with Crippen LogP contribution < -0.4 is 10.2 Å². The largest absolute Gasteiger partial charge is 0.354 e. The van der Waals surface area contributed by atoms with Crippen molar-refractivity contribution in [2.24, 2.45) is 0 Å². The lowest BCUT2D eigenvalue weighted by molar-refractivity contribution is 0.664. The summed E-state index contributed by atoms with van der Waals surface area (Å²) < 4.78 is 0. The van der Waals surface area contributed by atoms with Gasteiger partial charge >= 0.3 is 0 Å². The summed E-state index contributed by atoms with van der Waals surface area (Å²) in [5, 5.41) is 11.9. The predicted octanol–water partition coefficient (Wildman–Crippen LogP) is 1.74. The first-order valence-electron chi connectivity index (χ1n) is 6.06. The number of nitrogens with zero attached hydrogens (tertiary/aromatic N) is 3. The second-order valence-electron chi connectivity index (χ2n) is 4.85. The van der Waals surface area contributed by atoms with Crippen LogP contribution in [0.2, 0.25) is 0 Å². The normalized spacial score (nSPS) is 14.7. The predicted molar refractivity (Wildman–Crippen MR) is 70.0 cm³/mol. The Morgan fingerprint density at radius 2 is 2.24 bits per heavy atom. The van der Waals surface area contributed by atoms with E-state index in [0.29, 0.717) is 6.04 Å². The molecule has 1 aliphatic carbocycles. The van der Waals surface area contributed by atoms with Gasteiger partial charge in [0.05, 0.1) is 5.69 Å². The minimum absolute atomic E-state index is 0.711. The summed E-state index contributed by atoms with van der Waals surface area (Å²) in [7, 11) is 2.00. The number of nitrogens with one attached hydrogen (secondary N) is 1. The van der Waals surface area contributed by atoms with Crippen LogP contribution in [0.5, 0.6) is 0 Å². The van der Waals surface area contributed by atoms with Gasteiger partial charge in [-0.1, -0.05) is 12.2 Å². The molecule has 1 fully saturated rings. The zero-order chi connectivity index (χ0) is 12.3. The minimum Gasteiger partial charge on any atom is -0.354 e. The van der Waals surface area contributed by atoms with E-state index >= 15 is 0 Å². The van der Waals surface area contributed by atoms with E-state index in [9.17, 15) is 0 Å². The monoisotopic (exact) mass is 232 g/mol. The molecule has 4 heteroatoms. The van der Waals surface area contributed by atoms with E-state index in [1.54, 1.807) is 0 Å². The maximum Gasteiger partial charge on any atom is 0.151 e. The Labute approximate surface area is 103 Å². The van der Waals surface area contributed by atoms with E-state index < -0.39 is 0 Å². The van der Waals surface area contributed by atoms with Crippen molar-refractivity contribution < 1.29 is 0 Å². The number of hydrogen-bond acceptors (Lipinski definition) is 4. The smallest absolute Gasteiger partial charge is 0.151 e. The lowest BCUT2D eigenvalue weighted by Crippen LogP contribution is -2.21. The third-order valence-corrected chi connectivity index (χ3v) is 2.75. The summed E-state index contributed by atoms with van der Waals surface area (Å²) in [6.45, 7) is 7.54. The number of aromatic nitrogens is 2. The van der Waals surface area contributed by atoms with E-state index in [0.717, 1.165) is 30.2 Å². The Balaban J connectivity index is 1.89. The molecule has 0 unspecified atom stereocenters. The second-order valence-corrected chi connectivity index (χ2v) is 4.85. The molecule has 92 valence electrons. The topological polar surface area (TPSA) is 41.0 Å². The molecule has 1 aliphatic rings. The molecule has 1 heterocycles. The molecule has 17 heavy (non-hydrogen) atoms. The fraction of sp³-hybridized carbons (Fsp3) is 0.538. The van der Waals surface area contributed by atoms with Gasteiger partial charge in [-0.05, 0) is 31.9 Å². The number of likely N-dealkylation sites (N-methyl/N-ethyl adjacent to an activating group) is 1.